The van der Waals surface area contributed by atoms with E-state index < -0.39 is 0 Å². The van der Waals surface area contributed by atoms with Crippen molar-refractivity contribution in [2.75, 3.05) is 38.5 Å². The van der Waals surface area contributed by atoms with Gasteiger partial charge in [-0.3, -0.25) is 9.79 Å². The average molecular weight is 355 g/mol. The number of nitrogens with zero attached hydrogens (tertiary/aromatic N) is 3. The van der Waals surface area contributed by atoms with Gasteiger partial charge in [0.25, 0.3) is 0 Å². The van der Waals surface area contributed by atoms with Gasteiger partial charge >= 0.3 is 0 Å². The second-order valence-corrected chi connectivity index (χ2v) is 8.17. The molecule has 0 bridgehead atoms. The number of rotatable bonds is 5. The number of amides is 1. The quantitative estimate of drug-likeness (QED) is 0.609. The maximum absolute atomic E-state index is 12.4. The number of likely N-dealkylation sites (tertiary alicyclic amines) is 1. The largest absolute Gasteiger partial charge is 0.357 e. The molecule has 0 saturated carbocycles. The van der Waals surface area contributed by atoms with Gasteiger partial charge < -0.3 is 15.1 Å². The zero-order valence-corrected chi connectivity index (χ0v) is 16.4. The highest BCUT2D eigenvalue weighted by atomic mass is 32.2. The van der Waals surface area contributed by atoms with E-state index >= 15 is 0 Å². The van der Waals surface area contributed by atoms with Crippen LogP contribution in [0.3, 0.4) is 0 Å². The minimum absolute atomic E-state index is 0.266. The van der Waals surface area contributed by atoms with Gasteiger partial charge in [0.05, 0.1) is 6.54 Å². The standard InChI is InChI=1S/C18H34N4OS/c1-4-16-14-21(12-13-24-16)18(19-5-2)20-10-9-17(23)22-11-7-6-8-15(22)3/h15-16H,4-14H2,1-3H3,(H,19,20). The van der Waals surface area contributed by atoms with Crippen molar-refractivity contribution in [1.82, 2.24) is 15.1 Å². The molecule has 2 fully saturated rings. The fourth-order valence-electron chi connectivity index (χ4n) is 3.45. The van der Waals surface area contributed by atoms with Gasteiger partial charge in [-0.1, -0.05) is 6.92 Å². The van der Waals surface area contributed by atoms with Crippen molar-refractivity contribution in [2.45, 2.75) is 64.2 Å². The summed E-state index contributed by atoms with van der Waals surface area (Å²) in [5.41, 5.74) is 0. The molecule has 138 valence electrons. The Bertz CT molecular complexity index is 429. The Balaban J connectivity index is 1.87. The fourth-order valence-corrected chi connectivity index (χ4v) is 4.63. The summed E-state index contributed by atoms with van der Waals surface area (Å²) in [6, 6.07) is 0.396. The summed E-state index contributed by atoms with van der Waals surface area (Å²) in [5, 5.41) is 4.09. The van der Waals surface area contributed by atoms with E-state index in [2.05, 4.69) is 47.6 Å². The molecule has 24 heavy (non-hydrogen) atoms. The van der Waals surface area contributed by atoms with Crippen LogP contribution in [0.25, 0.3) is 0 Å². The van der Waals surface area contributed by atoms with Crippen LogP contribution in [-0.2, 0) is 4.79 Å². The predicted octanol–water partition coefficient (Wildman–Crippen LogP) is 2.57. The molecule has 2 saturated heterocycles. The van der Waals surface area contributed by atoms with Crippen molar-refractivity contribution in [1.29, 1.82) is 0 Å². The van der Waals surface area contributed by atoms with E-state index in [0.29, 0.717) is 24.3 Å². The lowest BCUT2D eigenvalue weighted by Gasteiger charge is -2.34. The number of carbonyl (C=O) groups is 1. The minimum atomic E-state index is 0.266. The topological polar surface area (TPSA) is 47.9 Å². The first kappa shape index (κ1) is 19.4. The number of carbonyl (C=O) groups excluding carboxylic acids is 1. The van der Waals surface area contributed by atoms with Crippen LogP contribution < -0.4 is 5.32 Å². The van der Waals surface area contributed by atoms with Crippen LogP contribution in [-0.4, -0.2) is 71.4 Å². The third-order valence-corrected chi connectivity index (χ3v) is 6.31. The van der Waals surface area contributed by atoms with Crippen LogP contribution in [0.15, 0.2) is 4.99 Å². The molecule has 0 radical (unpaired) electrons. The number of hydrogen-bond acceptors (Lipinski definition) is 3. The molecule has 0 spiro atoms. The zero-order valence-electron chi connectivity index (χ0n) is 15.6. The normalized spacial score (nSPS) is 25.7. The molecular weight excluding hydrogens is 320 g/mol. The van der Waals surface area contributed by atoms with Crippen LogP contribution >= 0.6 is 11.8 Å². The summed E-state index contributed by atoms with van der Waals surface area (Å²) in [6.45, 7) is 11.0. The lowest BCUT2D eigenvalue weighted by atomic mass is 10.0. The van der Waals surface area contributed by atoms with Crippen LogP contribution in [0.2, 0.25) is 0 Å². The lowest BCUT2D eigenvalue weighted by molar-refractivity contribution is -0.134. The van der Waals surface area contributed by atoms with Crippen molar-refractivity contribution in [3.63, 3.8) is 0 Å². The molecule has 2 unspecified atom stereocenters. The van der Waals surface area contributed by atoms with Crippen molar-refractivity contribution in [2.24, 2.45) is 4.99 Å². The molecule has 2 heterocycles. The molecule has 2 atom stereocenters. The highest BCUT2D eigenvalue weighted by Gasteiger charge is 2.23. The maximum Gasteiger partial charge on any atom is 0.224 e. The minimum Gasteiger partial charge on any atom is -0.357 e. The average Bonchev–Trinajstić information content (AvgIpc) is 2.61. The van der Waals surface area contributed by atoms with Crippen molar-refractivity contribution in [3.8, 4) is 0 Å². The fraction of sp³-hybridized carbons (Fsp3) is 0.889. The second-order valence-electron chi connectivity index (χ2n) is 6.76. The molecule has 1 N–H and O–H groups in total. The summed E-state index contributed by atoms with van der Waals surface area (Å²) in [7, 11) is 0. The highest BCUT2D eigenvalue weighted by Crippen LogP contribution is 2.21. The lowest BCUT2D eigenvalue weighted by Crippen LogP contribution is -2.48. The summed E-state index contributed by atoms with van der Waals surface area (Å²) < 4.78 is 0. The van der Waals surface area contributed by atoms with Gasteiger partial charge in [0.1, 0.15) is 0 Å². The summed E-state index contributed by atoms with van der Waals surface area (Å²) >= 11 is 2.06. The zero-order chi connectivity index (χ0) is 17.4. The van der Waals surface area contributed by atoms with E-state index in [4.69, 9.17) is 4.99 Å². The number of thioether (sulfide) groups is 1. The molecule has 2 rings (SSSR count). The van der Waals surface area contributed by atoms with Gasteiger partial charge in [0.2, 0.25) is 5.91 Å². The van der Waals surface area contributed by atoms with Gasteiger partial charge in [0.15, 0.2) is 5.96 Å². The number of piperidine rings is 1. The van der Waals surface area contributed by atoms with Crippen molar-refractivity contribution < 1.29 is 4.79 Å². The summed E-state index contributed by atoms with van der Waals surface area (Å²) in [4.78, 5) is 21.6. The Labute approximate surface area is 151 Å². The molecule has 6 heteroatoms. The molecule has 0 aliphatic carbocycles. The number of guanidine groups is 1. The van der Waals surface area contributed by atoms with Crippen LogP contribution in [0.1, 0.15) is 52.9 Å². The summed E-state index contributed by atoms with van der Waals surface area (Å²) in [5.74, 6) is 2.41. The Hall–Kier alpha value is -0.910. The first-order valence-corrected chi connectivity index (χ1v) is 10.6. The van der Waals surface area contributed by atoms with Gasteiger partial charge in [-0.25, -0.2) is 0 Å². The Morgan fingerprint density at radius 1 is 1.29 bits per heavy atom. The Morgan fingerprint density at radius 2 is 2.12 bits per heavy atom. The monoisotopic (exact) mass is 354 g/mol. The first-order chi connectivity index (χ1) is 11.7. The van der Waals surface area contributed by atoms with E-state index in [0.717, 1.165) is 50.7 Å². The highest BCUT2D eigenvalue weighted by molar-refractivity contribution is 8.00. The maximum atomic E-state index is 12.4. The van der Waals surface area contributed by atoms with Gasteiger partial charge in [-0.2, -0.15) is 11.8 Å². The number of nitrogens with one attached hydrogen (secondary N) is 1. The van der Waals surface area contributed by atoms with Gasteiger partial charge in [-0.15, -0.1) is 0 Å². The third kappa shape index (κ3) is 5.57. The smallest absolute Gasteiger partial charge is 0.224 e. The number of hydrogen-bond donors (Lipinski definition) is 1. The van der Waals surface area contributed by atoms with Crippen molar-refractivity contribution in [3.05, 3.63) is 0 Å². The molecule has 2 aliphatic rings. The van der Waals surface area contributed by atoms with Crippen LogP contribution in [0.5, 0.6) is 0 Å². The Kier molecular flexibility index (Phi) is 8.22. The molecule has 0 aromatic rings. The van der Waals surface area contributed by atoms with Crippen molar-refractivity contribution >= 4 is 23.6 Å². The predicted molar refractivity (Wildman–Crippen MR) is 104 cm³/mol. The molecule has 0 aromatic carbocycles. The van der Waals surface area contributed by atoms with Crippen LogP contribution in [0.4, 0.5) is 0 Å². The van der Waals surface area contributed by atoms with E-state index in [1.807, 2.05) is 0 Å². The Morgan fingerprint density at radius 3 is 2.83 bits per heavy atom. The first-order valence-electron chi connectivity index (χ1n) is 9.60. The summed E-state index contributed by atoms with van der Waals surface area (Å²) in [6.07, 6.45) is 5.26. The molecule has 2 aliphatic heterocycles. The molecule has 5 nitrogen and oxygen atoms in total. The van der Waals surface area contributed by atoms with E-state index in [1.54, 1.807) is 0 Å². The van der Waals surface area contributed by atoms with Crippen LogP contribution in [0, 0.1) is 0 Å². The second kappa shape index (κ2) is 10.2. The SMILES string of the molecule is CCNC(=NCCC(=O)N1CCCCC1C)N1CCSC(CC)C1. The van der Waals surface area contributed by atoms with Gasteiger partial charge in [-0.05, 0) is 39.5 Å². The van der Waals surface area contributed by atoms with E-state index in [1.165, 1.54) is 12.8 Å². The third-order valence-electron chi connectivity index (χ3n) is 4.94. The van der Waals surface area contributed by atoms with E-state index in [9.17, 15) is 4.79 Å². The molecular formula is C18H34N4OS. The number of aliphatic imine (C=N–C) groups is 1. The van der Waals surface area contributed by atoms with E-state index in [-0.39, 0.29) is 5.91 Å². The van der Waals surface area contributed by atoms with Gasteiger partial charge in [0, 0.05) is 49.6 Å². The molecule has 0 aromatic heterocycles. The molecule has 1 amide bonds.